The van der Waals surface area contributed by atoms with Crippen LogP contribution >= 0.6 is 11.8 Å². The molecule has 0 aliphatic carbocycles. The number of hydrogen-bond acceptors (Lipinski definition) is 3. The van der Waals surface area contributed by atoms with Gasteiger partial charge >= 0.3 is 0 Å². The molecule has 0 heterocycles. The van der Waals surface area contributed by atoms with Gasteiger partial charge in [-0.25, -0.2) is 0 Å². The summed E-state index contributed by atoms with van der Waals surface area (Å²) in [6.45, 7) is 4.66. The average molecular weight is 324 g/mol. The third-order valence-corrected chi connectivity index (χ3v) is 3.99. The van der Waals surface area contributed by atoms with Crippen molar-refractivity contribution in [2.75, 3.05) is 38.8 Å². The van der Waals surface area contributed by atoms with E-state index in [0.29, 0.717) is 0 Å². The maximum atomic E-state index is 5.85. The molecule has 124 valence electrons. The van der Waals surface area contributed by atoms with Crippen LogP contribution in [0.4, 0.5) is 0 Å². The molecule has 1 aromatic carbocycles. The van der Waals surface area contributed by atoms with Crippen LogP contribution in [0.5, 0.6) is 0 Å². The lowest BCUT2D eigenvalue weighted by atomic mass is 10.1. The lowest BCUT2D eigenvalue weighted by molar-refractivity contribution is 0.0646. The molecule has 0 radical (unpaired) electrons. The van der Waals surface area contributed by atoms with Crippen molar-refractivity contribution in [2.24, 2.45) is 4.99 Å². The minimum atomic E-state index is 0.144. The minimum Gasteiger partial charge on any atom is -0.374 e. The van der Waals surface area contributed by atoms with Crippen LogP contribution in [0.15, 0.2) is 35.3 Å². The molecule has 0 amide bonds. The summed E-state index contributed by atoms with van der Waals surface area (Å²) in [4.78, 5) is 4.21. The van der Waals surface area contributed by atoms with E-state index in [-0.39, 0.29) is 6.10 Å². The summed E-state index contributed by atoms with van der Waals surface area (Å²) in [5.74, 6) is 2.05. The van der Waals surface area contributed by atoms with Crippen molar-refractivity contribution < 1.29 is 4.74 Å². The summed E-state index contributed by atoms with van der Waals surface area (Å²) in [6, 6.07) is 10.3. The highest BCUT2D eigenvalue weighted by Crippen LogP contribution is 2.15. The fraction of sp³-hybridized carbons (Fsp3) is 0.588. The number of aliphatic imine (C=N–C) groups is 1. The zero-order chi connectivity index (χ0) is 16.0. The topological polar surface area (TPSA) is 45.7 Å². The van der Waals surface area contributed by atoms with Crippen LogP contribution in [0.1, 0.15) is 31.4 Å². The zero-order valence-electron chi connectivity index (χ0n) is 14.0. The van der Waals surface area contributed by atoms with Crippen molar-refractivity contribution in [2.45, 2.75) is 25.9 Å². The molecule has 2 N–H and O–H groups in total. The summed E-state index contributed by atoms with van der Waals surface area (Å²) >= 11 is 1.87. The molecule has 0 aromatic heterocycles. The Labute approximate surface area is 139 Å². The average Bonchev–Trinajstić information content (AvgIpc) is 2.57. The third-order valence-electron chi connectivity index (χ3n) is 3.29. The first-order valence-electron chi connectivity index (χ1n) is 7.88. The molecule has 1 rings (SSSR count). The van der Waals surface area contributed by atoms with Gasteiger partial charge in [0.2, 0.25) is 0 Å². The van der Waals surface area contributed by atoms with Crippen molar-refractivity contribution in [3.05, 3.63) is 35.9 Å². The molecule has 1 unspecified atom stereocenters. The van der Waals surface area contributed by atoms with E-state index >= 15 is 0 Å². The van der Waals surface area contributed by atoms with Gasteiger partial charge in [-0.1, -0.05) is 30.3 Å². The van der Waals surface area contributed by atoms with Crippen LogP contribution in [-0.4, -0.2) is 44.7 Å². The monoisotopic (exact) mass is 323 g/mol. The van der Waals surface area contributed by atoms with Crippen LogP contribution in [-0.2, 0) is 4.74 Å². The Kier molecular flexibility index (Phi) is 10.6. The molecular weight excluding hydrogens is 294 g/mol. The highest BCUT2D eigenvalue weighted by Gasteiger charge is 2.04. The fourth-order valence-electron chi connectivity index (χ4n) is 2.00. The highest BCUT2D eigenvalue weighted by atomic mass is 32.2. The molecule has 0 saturated heterocycles. The Morgan fingerprint density at radius 2 is 1.86 bits per heavy atom. The van der Waals surface area contributed by atoms with Gasteiger partial charge in [0.05, 0.1) is 6.10 Å². The van der Waals surface area contributed by atoms with Gasteiger partial charge in [0.25, 0.3) is 0 Å². The van der Waals surface area contributed by atoms with Crippen LogP contribution in [0, 0.1) is 0 Å². The van der Waals surface area contributed by atoms with Crippen LogP contribution < -0.4 is 10.6 Å². The number of ether oxygens (including phenoxy) is 1. The first kappa shape index (κ1) is 18.8. The second-order valence-corrected chi connectivity index (χ2v) is 6.03. The maximum absolute atomic E-state index is 5.85. The van der Waals surface area contributed by atoms with Crippen molar-refractivity contribution in [1.29, 1.82) is 0 Å². The molecule has 22 heavy (non-hydrogen) atoms. The van der Waals surface area contributed by atoms with E-state index < -0.39 is 0 Å². The van der Waals surface area contributed by atoms with Crippen molar-refractivity contribution >= 4 is 17.7 Å². The van der Waals surface area contributed by atoms with E-state index in [1.165, 1.54) is 11.3 Å². The Morgan fingerprint density at radius 1 is 1.18 bits per heavy atom. The van der Waals surface area contributed by atoms with Crippen LogP contribution in [0.2, 0.25) is 0 Å². The lowest BCUT2D eigenvalue weighted by Crippen LogP contribution is -2.38. The van der Waals surface area contributed by atoms with Gasteiger partial charge in [-0.15, -0.1) is 0 Å². The standard InChI is InChI=1S/C17H29N3OS/c1-15(16-9-5-4-6-10-16)21-13-7-11-19-17(18-2)20-12-8-14-22-3/h4-6,9-10,15H,7-8,11-14H2,1-3H3,(H2,18,19,20). The zero-order valence-corrected chi connectivity index (χ0v) is 14.8. The number of benzene rings is 1. The number of nitrogens with zero attached hydrogens (tertiary/aromatic N) is 1. The molecular formula is C17H29N3OS. The Morgan fingerprint density at radius 3 is 2.50 bits per heavy atom. The molecule has 0 aliphatic rings. The van der Waals surface area contributed by atoms with E-state index in [4.69, 9.17) is 4.74 Å². The third kappa shape index (κ3) is 8.29. The molecule has 1 atom stereocenters. The summed E-state index contributed by atoms with van der Waals surface area (Å²) in [5.41, 5.74) is 1.22. The van der Waals surface area contributed by atoms with Gasteiger partial charge in [-0.2, -0.15) is 11.8 Å². The number of rotatable bonds is 10. The van der Waals surface area contributed by atoms with Crippen molar-refractivity contribution in [3.63, 3.8) is 0 Å². The van der Waals surface area contributed by atoms with Crippen LogP contribution in [0.25, 0.3) is 0 Å². The normalized spacial score (nSPS) is 13.0. The van der Waals surface area contributed by atoms with Gasteiger partial charge in [0.15, 0.2) is 5.96 Å². The maximum Gasteiger partial charge on any atom is 0.190 e. The molecule has 4 nitrogen and oxygen atoms in total. The van der Waals surface area contributed by atoms with Gasteiger partial charge < -0.3 is 15.4 Å². The molecule has 0 fully saturated rings. The smallest absolute Gasteiger partial charge is 0.190 e. The summed E-state index contributed by atoms with van der Waals surface area (Å²) in [5, 5.41) is 6.63. The number of nitrogens with one attached hydrogen (secondary N) is 2. The number of hydrogen-bond donors (Lipinski definition) is 2. The van der Waals surface area contributed by atoms with Crippen molar-refractivity contribution in [1.82, 2.24) is 10.6 Å². The minimum absolute atomic E-state index is 0.144. The molecule has 0 bridgehead atoms. The second kappa shape index (κ2) is 12.4. The Bertz CT molecular complexity index is 412. The SMILES string of the molecule is CN=C(NCCCOC(C)c1ccccc1)NCCCSC. The highest BCUT2D eigenvalue weighted by molar-refractivity contribution is 7.98. The van der Waals surface area contributed by atoms with E-state index in [1.807, 2.05) is 30.0 Å². The predicted molar refractivity (Wildman–Crippen MR) is 97.8 cm³/mol. The number of thioether (sulfide) groups is 1. The van der Waals surface area contributed by atoms with E-state index in [1.54, 1.807) is 7.05 Å². The fourth-order valence-corrected chi connectivity index (χ4v) is 2.44. The van der Waals surface area contributed by atoms with Crippen molar-refractivity contribution in [3.8, 4) is 0 Å². The molecule has 1 aromatic rings. The quantitative estimate of drug-likeness (QED) is 0.395. The second-order valence-electron chi connectivity index (χ2n) is 5.05. The van der Waals surface area contributed by atoms with E-state index in [0.717, 1.165) is 38.5 Å². The number of guanidine groups is 1. The lowest BCUT2D eigenvalue weighted by Gasteiger charge is -2.14. The Balaban J connectivity index is 2.08. The molecule has 0 saturated carbocycles. The summed E-state index contributed by atoms with van der Waals surface area (Å²) < 4.78 is 5.85. The first-order valence-corrected chi connectivity index (χ1v) is 9.27. The molecule has 5 heteroatoms. The van der Waals surface area contributed by atoms with E-state index in [2.05, 4.69) is 40.9 Å². The Hall–Kier alpha value is -1.20. The summed E-state index contributed by atoms with van der Waals surface area (Å²) in [6.07, 6.45) is 4.39. The van der Waals surface area contributed by atoms with E-state index in [9.17, 15) is 0 Å². The summed E-state index contributed by atoms with van der Waals surface area (Å²) in [7, 11) is 1.80. The van der Waals surface area contributed by atoms with Gasteiger partial charge in [0, 0.05) is 26.7 Å². The van der Waals surface area contributed by atoms with Gasteiger partial charge in [-0.3, -0.25) is 4.99 Å². The molecule has 0 spiro atoms. The van der Waals surface area contributed by atoms with Gasteiger partial charge in [-0.05, 0) is 37.3 Å². The largest absolute Gasteiger partial charge is 0.374 e. The van der Waals surface area contributed by atoms with Crippen LogP contribution in [0.3, 0.4) is 0 Å². The molecule has 0 aliphatic heterocycles. The van der Waals surface area contributed by atoms with Gasteiger partial charge in [0.1, 0.15) is 0 Å². The predicted octanol–water partition coefficient (Wildman–Crippen LogP) is 3.07. The first-order chi connectivity index (χ1) is 10.8.